The zero-order valence-corrected chi connectivity index (χ0v) is 22.1. The van der Waals surface area contributed by atoms with Crippen molar-refractivity contribution in [2.75, 3.05) is 40.0 Å². The second kappa shape index (κ2) is 13.6. The summed E-state index contributed by atoms with van der Waals surface area (Å²) in [5, 5.41) is 27.3. The number of carboxylic acid groups (broad SMARTS) is 1. The van der Waals surface area contributed by atoms with Crippen molar-refractivity contribution in [1.29, 1.82) is 0 Å². The summed E-state index contributed by atoms with van der Waals surface area (Å²) in [5.41, 5.74) is 0.228. The van der Waals surface area contributed by atoms with E-state index in [1.165, 1.54) is 21.7 Å². The van der Waals surface area contributed by atoms with Crippen molar-refractivity contribution in [3.05, 3.63) is 41.2 Å². The Balaban J connectivity index is 2.02. The minimum Gasteiger partial charge on any atom is -0.465 e. The van der Waals surface area contributed by atoms with Crippen LogP contribution < -0.4 is 0 Å². The van der Waals surface area contributed by atoms with Gasteiger partial charge in [0, 0.05) is 40.0 Å². The molecule has 2 N–H and O–H groups in total. The summed E-state index contributed by atoms with van der Waals surface area (Å²) in [6.45, 7) is 5.08. The molecule has 2 amide bonds. The van der Waals surface area contributed by atoms with Crippen LogP contribution in [-0.4, -0.2) is 93.0 Å². The smallest absolute Gasteiger partial charge is 0.407 e. The molecule has 0 aliphatic carbocycles. The fourth-order valence-corrected chi connectivity index (χ4v) is 4.96. The molecule has 1 aromatic carbocycles. The van der Waals surface area contributed by atoms with Gasteiger partial charge in [0.15, 0.2) is 17.3 Å². The van der Waals surface area contributed by atoms with Crippen LogP contribution in [0.4, 0.5) is 13.6 Å². The molecule has 1 aromatic heterocycles. The second-order valence-electron chi connectivity index (χ2n) is 10.1. The number of amides is 2. The summed E-state index contributed by atoms with van der Waals surface area (Å²) in [5.74, 6) is -2.61. The van der Waals surface area contributed by atoms with Crippen molar-refractivity contribution in [3.8, 4) is 5.69 Å². The molecule has 0 bridgehead atoms. The molecule has 12 heteroatoms. The van der Waals surface area contributed by atoms with Crippen LogP contribution in [-0.2, 0) is 11.2 Å². The third-order valence-corrected chi connectivity index (χ3v) is 6.72. The molecular weight excluding hydrogens is 500 g/mol. The van der Waals surface area contributed by atoms with E-state index in [9.17, 15) is 28.6 Å². The molecule has 1 saturated heterocycles. The molecule has 1 aliphatic rings. The Kier molecular flexibility index (Phi) is 10.5. The summed E-state index contributed by atoms with van der Waals surface area (Å²) in [6.07, 6.45) is 1.46. The number of ether oxygens (including phenoxy) is 1. The number of hydrogen-bond acceptors (Lipinski definition) is 6. The highest BCUT2D eigenvalue weighted by atomic mass is 19.2. The number of methoxy groups -OCH3 is 1. The lowest BCUT2D eigenvalue weighted by Gasteiger charge is -2.42. The molecule has 1 fully saturated rings. The number of benzene rings is 1. The average Bonchev–Trinajstić information content (AvgIpc) is 3.29. The predicted molar refractivity (Wildman–Crippen MR) is 135 cm³/mol. The number of aliphatic hydroxyl groups excluding tert-OH is 1. The topological polar surface area (TPSA) is 121 Å². The molecule has 2 atom stereocenters. The number of rotatable bonds is 12. The highest BCUT2D eigenvalue weighted by molar-refractivity contribution is 5.93. The van der Waals surface area contributed by atoms with E-state index in [-0.39, 0.29) is 42.9 Å². The number of unbranched alkanes of at least 4 members (excludes halogenated alkanes) is 1. The molecule has 0 saturated carbocycles. The van der Waals surface area contributed by atoms with Gasteiger partial charge >= 0.3 is 6.09 Å². The number of likely N-dealkylation sites (tertiary alicyclic amines) is 1. The maximum absolute atomic E-state index is 14.7. The highest BCUT2D eigenvalue weighted by Gasteiger charge is 2.37. The molecule has 0 unspecified atom stereocenters. The quantitative estimate of drug-likeness (QED) is 0.398. The zero-order valence-electron chi connectivity index (χ0n) is 22.1. The van der Waals surface area contributed by atoms with Gasteiger partial charge in [0.05, 0.1) is 11.7 Å². The van der Waals surface area contributed by atoms with E-state index in [1.807, 2.05) is 13.8 Å². The third-order valence-electron chi connectivity index (χ3n) is 6.72. The van der Waals surface area contributed by atoms with Crippen molar-refractivity contribution in [2.45, 2.75) is 52.0 Å². The minimum absolute atomic E-state index is 0.0258. The van der Waals surface area contributed by atoms with Gasteiger partial charge in [0.25, 0.3) is 5.91 Å². The van der Waals surface area contributed by atoms with Gasteiger partial charge in [0.2, 0.25) is 0 Å². The van der Waals surface area contributed by atoms with Gasteiger partial charge in [-0.3, -0.25) is 4.79 Å². The average molecular weight is 538 g/mol. The van der Waals surface area contributed by atoms with Gasteiger partial charge in [-0.05, 0) is 56.1 Å². The van der Waals surface area contributed by atoms with Crippen molar-refractivity contribution < 1.29 is 33.3 Å². The normalized spacial score (nSPS) is 17.7. The lowest BCUT2D eigenvalue weighted by Crippen LogP contribution is -2.55. The van der Waals surface area contributed by atoms with Crippen LogP contribution >= 0.6 is 0 Å². The fraction of sp³-hybridized carbons (Fsp3) is 0.615. The van der Waals surface area contributed by atoms with Gasteiger partial charge in [-0.15, -0.1) is 5.10 Å². The number of carbonyl (C=O) groups excluding carboxylic acids is 1. The van der Waals surface area contributed by atoms with Crippen LogP contribution in [0.5, 0.6) is 0 Å². The highest BCUT2D eigenvalue weighted by Crippen LogP contribution is 2.27. The number of piperidine rings is 1. The summed E-state index contributed by atoms with van der Waals surface area (Å²) in [7, 11) is 1.58. The molecule has 38 heavy (non-hydrogen) atoms. The zero-order chi connectivity index (χ0) is 27.8. The summed E-state index contributed by atoms with van der Waals surface area (Å²) < 4.78 is 35.0. The van der Waals surface area contributed by atoms with Gasteiger partial charge in [-0.2, -0.15) is 0 Å². The van der Waals surface area contributed by atoms with E-state index >= 15 is 0 Å². The second-order valence-corrected chi connectivity index (χ2v) is 10.1. The first-order valence-corrected chi connectivity index (χ1v) is 12.9. The number of nitrogens with zero attached hydrogens (tertiary/aromatic N) is 5. The molecule has 2 aromatic rings. The van der Waals surface area contributed by atoms with Crippen molar-refractivity contribution in [1.82, 2.24) is 24.8 Å². The van der Waals surface area contributed by atoms with E-state index in [4.69, 9.17) is 4.74 Å². The minimum atomic E-state index is -1.09. The molecule has 210 valence electrons. The molecular formula is C26H37F2N5O5. The first-order chi connectivity index (χ1) is 18.2. The summed E-state index contributed by atoms with van der Waals surface area (Å²) in [4.78, 5) is 28.8. The maximum atomic E-state index is 14.7. The van der Waals surface area contributed by atoms with Crippen LogP contribution in [0.3, 0.4) is 0 Å². The van der Waals surface area contributed by atoms with Crippen LogP contribution in [0.25, 0.3) is 5.69 Å². The lowest BCUT2D eigenvalue weighted by atomic mass is 9.90. The Bertz CT molecular complexity index is 1100. The van der Waals surface area contributed by atoms with Crippen molar-refractivity contribution in [2.24, 2.45) is 11.8 Å². The number of halogens is 2. The van der Waals surface area contributed by atoms with Crippen LogP contribution in [0, 0.1) is 23.5 Å². The van der Waals surface area contributed by atoms with Crippen molar-refractivity contribution >= 4 is 12.0 Å². The Morgan fingerprint density at radius 3 is 2.66 bits per heavy atom. The van der Waals surface area contributed by atoms with Gasteiger partial charge in [0.1, 0.15) is 5.69 Å². The molecule has 1 aliphatic heterocycles. The van der Waals surface area contributed by atoms with E-state index in [2.05, 4.69) is 10.3 Å². The first kappa shape index (κ1) is 29.4. The monoisotopic (exact) mass is 537 g/mol. The molecule has 2 heterocycles. The van der Waals surface area contributed by atoms with E-state index in [1.54, 1.807) is 12.0 Å². The molecule has 0 radical (unpaired) electrons. The summed E-state index contributed by atoms with van der Waals surface area (Å²) >= 11 is 0. The largest absolute Gasteiger partial charge is 0.465 e. The number of hydrogen-bond donors (Lipinski definition) is 2. The maximum Gasteiger partial charge on any atom is 0.407 e. The lowest BCUT2D eigenvalue weighted by molar-refractivity contribution is 0.0372. The number of aromatic nitrogens is 3. The van der Waals surface area contributed by atoms with Gasteiger partial charge in [-0.25, -0.2) is 18.3 Å². The molecule has 10 nitrogen and oxygen atoms in total. The molecule has 3 rings (SSSR count). The Hall–Kier alpha value is -3.12. The molecule has 0 spiro atoms. The Morgan fingerprint density at radius 2 is 2.00 bits per heavy atom. The number of aliphatic hydroxyl groups is 1. The van der Waals surface area contributed by atoms with Gasteiger partial charge in [-0.1, -0.05) is 25.1 Å². The van der Waals surface area contributed by atoms with Crippen LogP contribution in [0.1, 0.15) is 55.7 Å². The fourth-order valence-electron chi connectivity index (χ4n) is 4.96. The van der Waals surface area contributed by atoms with Crippen LogP contribution in [0.2, 0.25) is 0 Å². The van der Waals surface area contributed by atoms with Gasteiger partial charge < -0.3 is 24.7 Å². The van der Waals surface area contributed by atoms with Crippen LogP contribution in [0.15, 0.2) is 18.2 Å². The first-order valence-electron chi connectivity index (χ1n) is 12.9. The predicted octanol–water partition coefficient (Wildman–Crippen LogP) is 3.36. The van der Waals surface area contributed by atoms with E-state index < -0.39 is 29.7 Å². The Labute approximate surface area is 221 Å². The number of carbonyl (C=O) groups is 2. The SMILES string of the molecule is COCCCCc1c(C(=O)N(CC(C)C)[C@H]2C[C@H](CCO)CN(C(=O)O)C2)nnn1-c1cccc(F)c1F. The van der Waals surface area contributed by atoms with E-state index in [0.29, 0.717) is 50.9 Å². The van der Waals surface area contributed by atoms with Crippen molar-refractivity contribution in [3.63, 3.8) is 0 Å². The van der Waals surface area contributed by atoms with E-state index in [0.717, 1.165) is 6.07 Å². The standard InChI is InChI=1S/C26H37F2N5O5/c1-17(2)14-32(19-13-18(10-11-34)15-31(16-19)26(36)37)25(35)24-22(8-4-5-12-38-3)33(30-29-24)21-9-6-7-20(27)23(21)28/h6-7,9,17-19,34H,4-5,8,10-16H2,1-3H3,(H,36,37)/t18-,19-/m0/s1. The third kappa shape index (κ3) is 7.04. The Morgan fingerprint density at radius 1 is 1.24 bits per heavy atom. The summed E-state index contributed by atoms with van der Waals surface area (Å²) in [6, 6.07) is 3.30.